The van der Waals surface area contributed by atoms with Gasteiger partial charge in [0.2, 0.25) is 11.8 Å². The molecule has 1 atom stereocenters. The van der Waals surface area contributed by atoms with Crippen molar-refractivity contribution in [3.05, 3.63) is 29.8 Å². The zero-order chi connectivity index (χ0) is 15.1. The SMILES string of the molecule is CCN(CC(N)=O)C(C)C(=O)Nc1cccc(CN)c1. The van der Waals surface area contributed by atoms with Crippen LogP contribution in [-0.4, -0.2) is 35.8 Å². The predicted octanol–water partition coefficient (Wildman–Crippen LogP) is 0.280. The topological polar surface area (TPSA) is 101 Å². The molecule has 20 heavy (non-hydrogen) atoms. The lowest BCUT2D eigenvalue weighted by Crippen LogP contribution is -2.45. The monoisotopic (exact) mass is 278 g/mol. The van der Waals surface area contributed by atoms with E-state index in [9.17, 15) is 9.59 Å². The van der Waals surface area contributed by atoms with Gasteiger partial charge in [0, 0.05) is 12.2 Å². The first-order valence-corrected chi connectivity index (χ1v) is 6.60. The molecule has 1 rings (SSSR count). The van der Waals surface area contributed by atoms with Gasteiger partial charge in [0.15, 0.2) is 0 Å². The lowest BCUT2D eigenvalue weighted by molar-refractivity contribution is -0.123. The van der Waals surface area contributed by atoms with E-state index in [1.807, 2.05) is 25.1 Å². The van der Waals surface area contributed by atoms with Crippen molar-refractivity contribution in [2.45, 2.75) is 26.4 Å². The number of amides is 2. The molecule has 0 fully saturated rings. The van der Waals surface area contributed by atoms with Crippen LogP contribution < -0.4 is 16.8 Å². The Bertz CT molecular complexity index is 476. The largest absolute Gasteiger partial charge is 0.369 e. The molecular formula is C14H22N4O2. The molecule has 6 heteroatoms. The second-order valence-corrected chi connectivity index (χ2v) is 4.60. The zero-order valence-electron chi connectivity index (χ0n) is 11.9. The van der Waals surface area contributed by atoms with Gasteiger partial charge in [-0.1, -0.05) is 19.1 Å². The van der Waals surface area contributed by atoms with Crippen LogP contribution in [0.4, 0.5) is 5.69 Å². The van der Waals surface area contributed by atoms with Gasteiger partial charge in [-0.15, -0.1) is 0 Å². The molecule has 0 saturated carbocycles. The van der Waals surface area contributed by atoms with Crippen molar-refractivity contribution in [1.82, 2.24) is 4.90 Å². The second-order valence-electron chi connectivity index (χ2n) is 4.60. The molecule has 5 N–H and O–H groups in total. The Hall–Kier alpha value is -1.92. The third-order valence-corrected chi connectivity index (χ3v) is 3.12. The third-order valence-electron chi connectivity index (χ3n) is 3.12. The average molecular weight is 278 g/mol. The van der Waals surface area contributed by atoms with E-state index in [-0.39, 0.29) is 12.5 Å². The number of likely N-dealkylation sites (N-methyl/N-ethyl adjacent to an activating group) is 1. The summed E-state index contributed by atoms with van der Waals surface area (Å²) in [4.78, 5) is 24.8. The number of nitrogens with two attached hydrogens (primary N) is 2. The van der Waals surface area contributed by atoms with Crippen LogP contribution in [0.5, 0.6) is 0 Å². The zero-order valence-corrected chi connectivity index (χ0v) is 11.9. The number of nitrogens with one attached hydrogen (secondary N) is 1. The van der Waals surface area contributed by atoms with Crippen molar-refractivity contribution in [1.29, 1.82) is 0 Å². The standard InChI is InChI=1S/C14H22N4O2/c1-3-18(9-13(16)19)10(2)14(20)17-12-6-4-5-11(7-12)8-15/h4-7,10H,3,8-9,15H2,1-2H3,(H2,16,19)(H,17,20). The number of carbonyl (C=O) groups excluding carboxylic acids is 2. The molecule has 1 unspecified atom stereocenters. The molecule has 0 bridgehead atoms. The van der Waals surface area contributed by atoms with Crippen LogP contribution in [0.3, 0.4) is 0 Å². The molecule has 0 aliphatic carbocycles. The minimum absolute atomic E-state index is 0.0634. The quantitative estimate of drug-likeness (QED) is 0.666. The number of hydrogen-bond donors (Lipinski definition) is 3. The summed E-state index contributed by atoms with van der Waals surface area (Å²) in [7, 11) is 0. The van der Waals surface area contributed by atoms with Crippen LogP contribution in [0.2, 0.25) is 0 Å². The predicted molar refractivity (Wildman–Crippen MR) is 78.9 cm³/mol. The molecule has 0 spiro atoms. The lowest BCUT2D eigenvalue weighted by Gasteiger charge is -2.25. The minimum atomic E-state index is -0.448. The molecular weight excluding hydrogens is 256 g/mol. The lowest BCUT2D eigenvalue weighted by atomic mass is 10.2. The normalized spacial score (nSPS) is 12.2. The minimum Gasteiger partial charge on any atom is -0.369 e. The number of benzene rings is 1. The van der Waals surface area contributed by atoms with Crippen molar-refractivity contribution in [2.24, 2.45) is 11.5 Å². The smallest absolute Gasteiger partial charge is 0.241 e. The van der Waals surface area contributed by atoms with Gasteiger partial charge in [0.1, 0.15) is 0 Å². The Balaban J connectivity index is 2.70. The first-order chi connectivity index (χ1) is 9.47. The van der Waals surface area contributed by atoms with E-state index < -0.39 is 11.9 Å². The molecule has 1 aromatic carbocycles. The summed E-state index contributed by atoms with van der Waals surface area (Å²) in [5, 5.41) is 2.82. The maximum absolute atomic E-state index is 12.2. The van der Waals surface area contributed by atoms with Gasteiger partial charge in [-0.05, 0) is 31.2 Å². The molecule has 1 aromatic rings. The van der Waals surface area contributed by atoms with Gasteiger partial charge in [-0.25, -0.2) is 0 Å². The fraction of sp³-hybridized carbons (Fsp3) is 0.429. The summed E-state index contributed by atoms with van der Waals surface area (Å²) in [5.74, 6) is -0.626. The summed E-state index contributed by atoms with van der Waals surface area (Å²) in [6.07, 6.45) is 0. The number of primary amides is 1. The average Bonchev–Trinajstić information content (AvgIpc) is 2.43. The summed E-state index contributed by atoms with van der Waals surface area (Å²) in [6, 6.07) is 6.92. The van der Waals surface area contributed by atoms with E-state index in [0.717, 1.165) is 5.56 Å². The third kappa shape index (κ3) is 4.64. The van der Waals surface area contributed by atoms with Gasteiger partial charge in [-0.3, -0.25) is 14.5 Å². The summed E-state index contributed by atoms with van der Waals surface area (Å²) in [6.45, 7) is 4.67. The fourth-order valence-electron chi connectivity index (χ4n) is 1.91. The van der Waals surface area contributed by atoms with Gasteiger partial charge < -0.3 is 16.8 Å². The Morgan fingerprint density at radius 1 is 1.40 bits per heavy atom. The highest BCUT2D eigenvalue weighted by molar-refractivity contribution is 5.95. The molecule has 0 aliphatic rings. The van der Waals surface area contributed by atoms with Crippen LogP contribution >= 0.6 is 0 Å². The molecule has 2 amide bonds. The van der Waals surface area contributed by atoms with Gasteiger partial charge in [0.25, 0.3) is 0 Å². The molecule has 0 aromatic heterocycles. The summed E-state index contributed by atoms with van der Waals surface area (Å²) >= 11 is 0. The van der Waals surface area contributed by atoms with E-state index in [1.165, 1.54) is 0 Å². The molecule has 0 heterocycles. The fourth-order valence-corrected chi connectivity index (χ4v) is 1.91. The highest BCUT2D eigenvalue weighted by Gasteiger charge is 2.21. The second kappa shape index (κ2) is 7.62. The molecule has 6 nitrogen and oxygen atoms in total. The van der Waals surface area contributed by atoms with E-state index in [2.05, 4.69) is 5.32 Å². The highest BCUT2D eigenvalue weighted by atomic mass is 16.2. The van der Waals surface area contributed by atoms with E-state index in [4.69, 9.17) is 11.5 Å². The van der Waals surface area contributed by atoms with Crippen LogP contribution in [0.1, 0.15) is 19.4 Å². The Kier molecular flexibility index (Phi) is 6.14. The first kappa shape index (κ1) is 16.1. The summed E-state index contributed by atoms with van der Waals surface area (Å²) < 4.78 is 0. The number of carbonyl (C=O) groups is 2. The summed E-state index contributed by atoms with van der Waals surface area (Å²) in [5.41, 5.74) is 12.4. The van der Waals surface area contributed by atoms with Crippen molar-refractivity contribution in [3.63, 3.8) is 0 Å². The van der Waals surface area contributed by atoms with E-state index >= 15 is 0 Å². The van der Waals surface area contributed by atoms with Crippen LogP contribution in [-0.2, 0) is 16.1 Å². The Labute approximate surface area is 119 Å². The van der Waals surface area contributed by atoms with Crippen molar-refractivity contribution in [2.75, 3.05) is 18.4 Å². The van der Waals surface area contributed by atoms with Crippen molar-refractivity contribution >= 4 is 17.5 Å². The number of anilines is 1. The molecule has 0 aliphatic heterocycles. The Morgan fingerprint density at radius 2 is 2.10 bits per heavy atom. The van der Waals surface area contributed by atoms with E-state index in [0.29, 0.717) is 18.8 Å². The van der Waals surface area contributed by atoms with Crippen LogP contribution in [0.25, 0.3) is 0 Å². The van der Waals surface area contributed by atoms with Gasteiger partial charge in [-0.2, -0.15) is 0 Å². The van der Waals surface area contributed by atoms with Crippen LogP contribution in [0, 0.1) is 0 Å². The molecule has 110 valence electrons. The van der Waals surface area contributed by atoms with Crippen LogP contribution in [0.15, 0.2) is 24.3 Å². The number of hydrogen-bond acceptors (Lipinski definition) is 4. The maximum Gasteiger partial charge on any atom is 0.241 e. The first-order valence-electron chi connectivity index (χ1n) is 6.60. The highest BCUT2D eigenvalue weighted by Crippen LogP contribution is 2.11. The number of nitrogens with zero attached hydrogens (tertiary/aromatic N) is 1. The van der Waals surface area contributed by atoms with Crippen molar-refractivity contribution < 1.29 is 9.59 Å². The molecule has 0 saturated heterocycles. The number of rotatable bonds is 7. The van der Waals surface area contributed by atoms with Gasteiger partial charge in [0.05, 0.1) is 12.6 Å². The molecule has 0 radical (unpaired) electrons. The Morgan fingerprint density at radius 3 is 2.65 bits per heavy atom. The van der Waals surface area contributed by atoms with Crippen molar-refractivity contribution in [3.8, 4) is 0 Å². The van der Waals surface area contributed by atoms with Gasteiger partial charge >= 0.3 is 0 Å². The van der Waals surface area contributed by atoms with E-state index in [1.54, 1.807) is 17.9 Å². The maximum atomic E-state index is 12.2.